The number of fused-ring (bicyclic) bond motifs is 1. The van der Waals surface area contributed by atoms with Crippen LogP contribution in [0.3, 0.4) is 0 Å². The summed E-state index contributed by atoms with van der Waals surface area (Å²) in [5.41, 5.74) is 3.05. The molecule has 0 fully saturated rings. The van der Waals surface area contributed by atoms with Crippen LogP contribution in [0, 0.1) is 0 Å². The Balaban J connectivity index is 1.46. The molecule has 1 amide bonds. The average molecular weight is 493 g/mol. The molecule has 10 heteroatoms. The summed E-state index contributed by atoms with van der Waals surface area (Å²) < 4.78 is 43.3. The van der Waals surface area contributed by atoms with Crippen molar-refractivity contribution in [3.63, 3.8) is 0 Å². The van der Waals surface area contributed by atoms with E-state index in [1.807, 2.05) is 36.4 Å². The number of carbonyl (C=O) groups excluding carboxylic acids is 1. The van der Waals surface area contributed by atoms with Crippen molar-refractivity contribution in [2.24, 2.45) is 0 Å². The fourth-order valence-electron chi connectivity index (χ4n) is 3.77. The number of H-pyrrole nitrogens is 1. The molecule has 0 saturated heterocycles. The first-order valence-corrected chi connectivity index (χ1v) is 13.1. The van der Waals surface area contributed by atoms with Crippen LogP contribution >= 0.6 is 0 Å². The van der Waals surface area contributed by atoms with Gasteiger partial charge in [0.1, 0.15) is 5.82 Å². The van der Waals surface area contributed by atoms with E-state index in [1.165, 1.54) is 18.2 Å². The quantitative estimate of drug-likeness (QED) is 0.366. The van der Waals surface area contributed by atoms with Gasteiger partial charge in [0.05, 0.1) is 26.9 Å². The number of aromatic amines is 1. The Bertz CT molecular complexity index is 1500. The first kappa shape index (κ1) is 22.2. The molecular formula is C24H20N4O4S2. The van der Waals surface area contributed by atoms with Crippen molar-refractivity contribution in [1.82, 2.24) is 19.4 Å². The Morgan fingerprint density at radius 3 is 2.32 bits per heavy atom. The number of hydrogen-bond acceptors (Lipinski definition) is 5. The van der Waals surface area contributed by atoms with E-state index in [1.54, 1.807) is 30.3 Å². The zero-order chi connectivity index (χ0) is 23.7. The molecule has 0 saturated carbocycles. The molecule has 0 spiro atoms. The average Bonchev–Trinajstić information content (AvgIpc) is 3.42. The number of nitrogens with zero attached hydrogens (tertiary/aromatic N) is 1. The third-order valence-electron chi connectivity index (χ3n) is 5.42. The van der Waals surface area contributed by atoms with Crippen LogP contribution in [0.1, 0.15) is 23.0 Å². The largest absolute Gasteiger partial charge is 0.341 e. The van der Waals surface area contributed by atoms with Crippen LogP contribution in [0.15, 0.2) is 89.8 Å². The van der Waals surface area contributed by atoms with E-state index in [4.69, 9.17) is 0 Å². The Morgan fingerprint density at radius 2 is 1.65 bits per heavy atom. The van der Waals surface area contributed by atoms with Gasteiger partial charge < -0.3 is 4.98 Å². The number of amides is 1. The normalized spacial score (nSPS) is 16.9. The van der Waals surface area contributed by atoms with Gasteiger partial charge in [0.25, 0.3) is 5.91 Å². The first-order valence-electron chi connectivity index (χ1n) is 10.4. The number of imidazole rings is 1. The number of rotatable bonds is 7. The molecule has 1 aliphatic rings. The fraction of sp³-hybridized carbons (Fsp3) is 0.0833. The zero-order valence-corrected chi connectivity index (χ0v) is 19.4. The van der Waals surface area contributed by atoms with Crippen molar-refractivity contribution in [2.75, 3.05) is 0 Å². The van der Waals surface area contributed by atoms with Crippen LogP contribution in [-0.2, 0) is 32.2 Å². The van der Waals surface area contributed by atoms with Crippen molar-refractivity contribution < 1.29 is 17.4 Å². The van der Waals surface area contributed by atoms with E-state index < -0.39 is 33.0 Å². The van der Waals surface area contributed by atoms with Gasteiger partial charge in [-0.2, -0.15) is 0 Å². The highest BCUT2D eigenvalue weighted by Crippen LogP contribution is 2.25. The third kappa shape index (κ3) is 4.56. The van der Waals surface area contributed by atoms with Crippen LogP contribution in [-0.4, -0.2) is 28.5 Å². The highest BCUT2D eigenvalue weighted by Gasteiger charge is 2.25. The van der Waals surface area contributed by atoms with E-state index in [-0.39, 0.29) is 4.90 Å². The van der Waals surface area contributed by atoms with Crippen molar-refractivity contribution in [1.29, 1.82) is 0 Å². The minimum atomic E-state index is -3.80. The minimum Gasteiger partial charge on any atom is -0.341 e. The standard InChI is InChI=1S/C24H20N4O4S2/c29-23-15-22(33(30)27-23)17-12-10-16(11-13-17)14-21(24-25-19-8-4-5-9-20(19)26-24)28-34(31,32)18-6-2-1-3-7-18/h1-13,15,21,28H,14H2,(H,25,26)(H,27,29)/t21-,33?/m0/s1. The van der Waals surface area contributed by atoms with Gasteiger partial charge in [-0.3, -0.25) is 9.52 Å². The molecule has 8 nitrogen and oxygen atoms in total. The summed E-state index contributed by atoms with van der Waals surface area (Å²) in [5.74, 6) is 0.108. The molecule has 2 heterocycles. The lowest BCUT2D eigenvalue weighted by Gasteiger charge is -2.17. The number of para-hydroxylation sites is 2. The van der Waals surface area contributed by atoms with Crippen molar-refractivity contribution in [2.45, 2.75) is 17.4 Å². The molecule has 34 heavy (non-hydrogen) atoms. The molecule has 4 aromatic rings. The summed E-state index contributed by atoms with van der Waals surface area (Å²) in [6.45, 7) is 0. The van der Waals surface area contributed by atoms with Gasteiger partial charge >= 0.3 is 0 Å². The molecule has 1 unspecified atom stereocenters. The summed E-state index contributed by atoms with van der Waals surface area (Å²) in [6, 6.07) is 22.2. The fourth-order valence-corrected chi connectivity index (χ4v) is 5.90. The van der Waals surface area contributed by atoms with E-state index in [0.717, 1.165) is 16.6 Å². The van der Waals surface area contributed by atoms with Gasteiger partial charge in [0, 0.05) is 6.08 Å². The Kier molecular flexibility index (Phi) is 5.86. The molecule has 5 rings (SSSR count). The number of benzene rings is 3. The highest BCUT2D eigenvalue weighted by molar-refractivity contribution is 7.94. The molecule has 1 aromatic heterocycles. The Hall–Kier alpha value is -3.60. The summed E-state index contributed by atoms with van der Waals surface area (Å²) in [6.07, 6.45) is 1.64. The number of sulfonamides is 1. The summed E-state index contributed by atoms with van der Waals surface area (Å²) in [5, 5.41) is 0. The molecule has 0 bridgehead atoms. The van der Waals surface area contributed by atoms with E-state index in [2.05, 4.69) is 19.4 Å². The van der Waals surface area contributed by atoms with Gasteiger partial charge in [-0.15, -0.1) is 0 Å². The van der Waals surface area contributed by atoms with Crippen LogP contribution < -0.4 is 9.44 Å². The summed E-state index contributed by atoms with van der Waals surface area (Å²) >= 11 is 0. The minimum absolute atomic E-state index is 0.166. The molecule has 0 radical (unpaired) electrons. The number of carbonyl (C=O) groups is 1. The van der Waals surface area contributed by atoms with Gasteiger partial charge in [-0.05, 0) is 41.8 Å². The lowest BCUT2D eigenvalue weighted by molar-refractivity contribution is -0.114. The predicted octanol–water partition coefficient (Wildman–Crippen LogP) is 2.96. The van der Waals surface area contributed by atoms with Crippen molar-refractivity contribution in [3.05, 3.63) is 102 Å². The predicted molar refractivity (Wildman–Crippen MR) is 130 cm³/mol. The lowest BCUT2D eigenvalue weighted by Crippen LogP contribution is -2.30. The maximum Gasteiger partial charge on any atom is 0.257 e. The SMILES string of the molecule is O=C1C=C(c2ccc(C[C@H](NS(=O)(=O)c3ccccc3)c3nc4ccccc4[nH]3)cc2)S(=O)N1. The van der Waals surface area contributed by atoms with Crippen LogP contribution in [0.5, 0.6) is 0 Å². The summed E-state index contributed by atoms with van der Waals surface area (Å²) in [4.78, 5) is 19.9. The van der Waals surface area contributed by atoms with Crippen LogP contribution in [0.4, 0.5) is 0 Å². The summed E-state index contributed by atoms with van der Waals surface area (Å²) in [7, 11) is -5.38. The van der Waals surface area contributed by atoms with Gasteiger partial charge in [-0.25, -0.2) is 22.3 Å². The Morgan fingerprint density at radius 1 is 0.941 bits per heavy atom. The highest BCUT2D eigenvalue weighted by atomic mass is 32.2. The maximum atomic E-state index is 13.1. The third-order valence-corrected chi connectivity index (χ3v) is 8.05. The molecule has 3 N–H and O–H groups in total. The number of aromatic nitrogens is 2. The van der Waals surface area contributed by atoms with Crippen molar-refractivity contribution in [3.8, 4) is 0 Å². The maximum absolute atomic E-state index is 13.1. The van der Waals surface area contributed by atoms with E-state index >= 15 is 0 Å². The molecule has 0 aliphatic carbocycles. The van der Waals surface area contributed by atoms with E-state index in [9.17, 15) is 17.4 Å². The smallest absolute Gasteiger partial charge is 0.257 e. The monoisotopic (exact) mass is 492 g/mol. The second-order valence-electron chi connectivity index (χ2n) is 7.77. The molecule has 2 atom stereocenters. The molecule has 1 aliphatic heterocycles. The van der Waals surface area contributed by atoms with Gasteiger partial charge in [-0.1, -0.05) is 54.6 Å². The van der Waals surface area contributed by atoms with Gasteiger partial charge in [0.15, 0.2) is 11.0 Å². The number of hydrogen-bond donors (Lipinski definition) is 3. The topological polar surface area (TPSA) is 121 Å². The van der Waals surface area contributed by atoms with Crippen molar-refractivity contribution >= 4 is 42.9 Å². The second kappa shape index (κ2) is 8.98. The first-order chi connectivity index (χ1) is 16.4. The molecular weight excluding hydrogens is 472 g/mol. The molecule has 172 valence electrons. The molecule has 3 aromatic carbocycles. The number of nitrogens with one attached hydrogen (secondary N) is 3. The Labute approximate surface area is 198 Å². The van der Waals surface area contributed by atoms with Crippen LogP contribution in [0.2, 0.25) is 0 Å². The second-order valence-corrected chi connectivity index (χ2v) is 10.7. The zero-order valence-electron chi connectivity index (χ0n) is 17.8. The van der Waals surface area contributed by atoms with E-state index in [0.29, 0.717) is 22.7 Å². The lowest BCUT2D eigenvalue weighted by atomic mass is 10.0. The van der Waals surface area contributed by atoms with Crippen LogP contribution in [0.25, 0.3) is 15.9 Å². The van der Waals surface area contributed by atoms with Gasteiger partial charge in [0.2, 0.25) is 10.0 Å².